The molecule has 0 saturated heterocycles. The van der Waals surface area contributed by atoms with Crippen molar-refractivity contribution in [3.05, 3.63) is 59.7 Å². The zero-order valence-electron chi connectivity index (χ0n) is 15.3. The van der Waals surface area contributed by atoms with Gasteiger partial charge in [0.25, 0.3) is 0 Å². The van der Waals surface area contributed by atoms with Crippen molar-refractivity contribution in [2.45, 2.75) is 24.8 Å². The van der Waals surface area contributed by atoms with Gasteiger partial charge in [-0.2, -0.15) is 4.72 Å². The molecule has 0 heterocycles. The summed E-state index contributed by atoms with van der Waals surface area (Å²) in [6.45, 7) is 2.69. The van der Waals surface area contributed by atoms with Gasteiger partial charge in [-0.15, -0.1) is 0 Å². The molecule has 0 aliphatic rings. The zero-order valence-corrected chi connectivity index (χ0v) is 16.1. The number of nitrogens with one attached hydrogen (secondary N) is 1. The molecule has 1 N–H and O–H groups in total. The molecule has 2 aromatic carbocycles. The van der Waals surface area contributed by atoms with E-state index >= 15 is 0 Å². The van der Waals surface area contributed by atoms with Crippen LogP contribution in [-0.2, 0) is 19.6 Å². The molecule has 144 valence electrons. The van der Waals surface area contributed by atoms with Crippen molar-refractivity contribution in [1.82, 2.24) is 4.72 Å². The van der Waals surface area contributed by atoms with E-state index in [1.54, 1.807) is 36.4 Å². The number of Topliss-reactive ketones (excluding diaryl/α,β-unsaturated/α-hetero) is 1. The number of carbonyl (C=O) groups excluding carboxylic acids is 2. The average molecular weight is 391 g/mol. The summed E-state index contributed by atoms with van der Waals surface area (Å²) in [5.74, 6) is -0.644. The van der Waals surface area contributed by atoms with Crippen LogP contribution < -0.4 is 9.46 Å². The molecule has 1 atom stereocenters. The Morgan fingerprint density at radius 3 is 2.19 bits per heavy atom. The van der Waals surface area contributed by atoms with Crippen LogP contribution in [0.5, 0.6) is 5.75 Å². The van der Waals surface area contributed by atoms with Crippen molar-refractivity contribution >= 4 is 21.8 Å². The fourth-order valence-corrected chi connectivity index (χ4v) is 3.21. The molecule has 0 fully saturated rings. The molecule has 7 nitrogen and oxygen atoms in total. The van der Waals surface area contributed by atoms with E-state index in [2.05, 4.69) is 4.72 Å². The van der Waals surface area contributed by atoms with Crippen molar-refractivity contribution in [3.63, 3.8) is 0 Å². The summed E-state index contributed by atoms with van der Waals surface area (Å²) in [7, 11) is -2.32. The van der Waals surface area contributed by atoms with Crippen LogP contribution >= 0.6 is 0 Å². The maximum Gasteiger partial charge on any atom is 0.321 e. The first-order valence-electron chi connectivity index (χ1n) is 8.17. The Morgan fingerprint density at radius 1 is 1.04 bits per heavy atom. The number of carbonyl (C=O) groups is 2. The van der Waals surface area contributed by atoms with Gasteiger partial charge in [0, 0.05) is 5.56 Å². The number of aryl methyl sites for hydroxylation is 1. The Bertz CT molecular complexity index is 904. The standard InChI is InChI=1S/C19H21NO6S/c1-13-4-10-17(11-5-13)27(23,24)20-12-18(21)26-14(2)19(22)15-6-8-16(25-3)9-7-15/h4-11,14,20H,12H2,1-3H3/t14-/m0/s1. The fraction of sp³-hybridized carbons (Fsp3) is 0.263. The lowest BCUT2D eigenvalue weighted by atomic mass is 10.1. The molecule has 0 spiro atoms. The zero-order chi connectivity index (χ0) is 20.0. The number of hydrogen-bond donors (Lipinski definition) is 1. The van der Waals surface area contributed by atoms with Gasteiger partial charge >= 0.3 is 5.97 Å². The molecular formula is C19H21NO6S. The van der Waals surface area contributed by atoms with Gasteiger partial charge in [-0.05, 0) is 50.2 Å². The molecule has 0 amide bonds. The van der Waals surface area contributed by atoms with E-state index in [4.69, 9.17) is 9.47 Å². The molecule has 2 rings (SSSR count). The van der Waals surface area contributed by atoms with Crippen LogP contribution in [-0.4, -0.2) is 39.9 Å². The van der Waals surface area contributed by atoms with Crippen molar-refractivity contribution in [3.8, 4) is 5.75 Å². The average Bonchev–Trinajstić information content (AvgIpc) is 2.66. The van der Waals surface area contributed by atoms with Crippen molar-refractivity contribution < 1.29 is 27.5 Å². The first-order valence-corrected chi connectivity index (χ1v) is 9.65. The number of benzene rings is 2. The van der Waals surface area contributed by atoms with E-state index in [0.717, 1.165) is 5.56 Å². The lowest BCUT2D eigenvalue weighted by molar-refractivity contribution is -0.144. The van der Waals surface area contributed by atoms with Crippen LogP contribution in [0.25, 0.3) is 0 Å². The van der Waals surface area contributed by atoms with Crippen LogP contribution in [0.3, 0.4) is 0 Å². The van der Waals surface area contributed by atoms with Crippen molar-refractivity contribution in [2.75, 3.05) is 13.7 Å². The van der Waals surface area contributed by atoms with Gasteiger partial charge in [0.15, 0.2) is 6.10 Å². The van der Waals surface area contributed by atoms with E-state index < -0.39 is 34.4 Å². The molecule has 0 aliphatic carbocycles. The van der Waals surface area contributed by atoms with Gasteiger partial charge in [0.05, 0.1) is 12.0 Å². The van der Waals surface area contributed by atoms with Crippen LogP contribution in [0.2, 0.25) is 0 Å². The predicted molar refractivity (Wildman–Crippen MR) is 99.2 cm³/mol. The first-order chi connectivity index (χ1) is 12.7. The SMILES string of the molecule is COc1ccc(C(=O)[C@H](C)OC(=O)CNS(=O)(=O)c2ccc(C)cc2)cc1. The topological polar surface area (TPSA) is 98.8 Å². The van der Waals surface area contributed by atoms with Crippen LogP contribution in [0.15, 0.2) is 53.4 Å². The Kier molecular flexibility index (Phi) is 6.70. The third-order valence-corrected chi connectivity index (χ3v) is 5.21. The summed E-state index contributed by atoms with van der Waals surface area (Å²) >= 11 is 0. The summed E-state index contributed by atoms with van der Waals surface area (Å²) in [5.41, 5.74) is 1.27. The van der Waals surface area contributed by atoms with Crippen molar-refractivity contribution in [2.24, 2.45) is 0 Å². The maximum atomic E-state index is 12.3. The van der Waals surface area contributed by atoms with E-state index in [-0.39, 0.29) is 4.90 Å². The summed E-state index contributed by atoms with van der Waals surface area (Å²) in [4.78, 5) is 24.2. The third-order valence-electron chi connectivity index (χ3n) is 3.79. The second kappa shape index (κ2) is 8.79. The number of hydrogen-bond acceptors (Lipinski definition) is 6. The Hall–Kier alpha value is -2.71. The highest BCUT2D eigenvalue weighted by Crippen LogP contribution is 2.14. The molecule has 2 aromatic rings. The highest BCUT2D eigenvalue weighted by molar-refractivity contribution is 7.89. The summed E-state index contributed by atoms with van der Waals surface area (Å²) in [6, 6.07) is 12.6. The minimum atomic E-state index is -3.84. The number of ether oxygens (including phenoxy) is 2. The molecule has 0 unspecified atom stereocenters. The Labute approximate surface area is 158 Å². The predicted octanol–water partition coefficient (Wildman–Crippen LogP) is 2.10. The number of sulfonamides is 1. The number of ketones is 1. The second-order valence-electron chi connectivity index (χ2n) is 5.86. The molecule has 0 aromatic heterocycles. The van der Waals surface area contributed by atoms with Crippen LogP contribution in [0, 0.1) is 6.92 Å². The second-order valence-corrected chi connectivity index (χ2v) is 7.63. The van der Waals surface area contributed by atoms with Gasteiger partial charge in [-0.1, -0.05) is 17.7 Å². The largest absolute Gasteiger partial charge is 0.497 e. The maximum absolute atomic E-state index is 12.3. The molecule has 27 heavy (non-hydrogen) atoms. The number of esters is 1. The quantitative estimate of drug-likeness (QED) is 0.547. The van der Waals surface area contributed by atoms with E-state index in [0.29, 0.717) is 11.3 Å². The summed E-state index contributed by atoms with van der Waals surface area (Å²) in [5, 5.41) is 0. The smallest absolute Gasteiger partial charge is 0.321 e. The Balaban J connectivity index is 1.92. The minimum absolute atomic E-state index is 0.0447. The lowest BCUT2D eigenvalue weighted by Crippen LogP contribution is -2.34. The van der Waals surface area contributed by atoms with Gasteiger partial charge < -0.3 is 9.47 Å². The lowest BCUT2D eigenvalue weighted by Gasteiger charge is -2.13. The Morgan fingerprint density at radius 2 is 1.63 bits per heavy atom. The van der Waals surface area contributed by atoms with Crippen LogP contribution in [0.4, 0.5) is 0 Å². The molecule has 0 radical (unpaired) electrons. The van der Waals surface area contributed by atoms with Gasteiger partial charge in [0.1, 0.15) is 12.3 Å². The highest BCUT2D eigenvalue weighted by atomic mass is 32.2. The minimum Gasteiger partial charge on any atom is -0.497 e. The van der Waals surface area contributed by atoms with E-state index in [1.807, 2.05) is 6.92 Å². The fourth-order valence-electron chi connectivity index (χ4n) is 2.24. The molecular weight excluding hydrogens is 370 g/mol. The van der Waals surface area contributed by atoms with Crippen molar-refractivity contribution in [1.29, 1.82) is 0 Å². The van der Waals surface area contributed by atoms with Gasteiger partial charge in [-0.3, -0.25) is 9.59 Å². The molecule has 0 saturated carbocycles. The molecule has 0 bridgehead atoms. The van der Waals surface area contributed by atoms with Gasteiger partial charge in [0.2, 0.25) is 15.8 Å². The molecule has 8 heteroatoms. The third kappa shape index (κ3) is 5.63. The van der Waals surface area contributed by atoms with E-state index in [1.165, 1.54) is 26.2 Å². The first kappa shape index (κ1) is 20.6. The summed E-state index contributed by atoms with van der Waals surface area (Å²) in [6.07, 6.45) is -1.05. The van der Waals surface area contributed by atoms with Crippen LogP contribution in [0.1, 0.15) is 22.8 Å². The van der Waals surface area contributed by atoms with E-state index in [9.17, 15) is 18.0 Å². The summed E-state index contributed by atoms with van der Waals surface area (Å²) < 4.78 is 36.5. The normalized spacial score (nSPS) is 12.3. The highest BCUT2D eigenvalue weighted by Gasteiger charge is 2.21. The van der Waals surface area contributed by atoms with Gasteiger partial charge in [-0.25, -0.2) is 8.42 Å². The molecule has 0 aliphatic heterocycles. The monoisotopic (exact) mass is 391 g/mol. The number of methoxy groups -OCH3 is 1. The number of rotatable bonds is 8.